The molecule has 0 saturated heterocycles. The summed E-state index contributed by atoms with van der Waals surface area (Å²) in [6.45, 7) is 2.60. The predicted molar refractivity (Wildman–Crippen MR) is 116 cm³/mol. The van der Waals surface area contributed by atoms with Crippen molar-refractivity contribution in [1.29, 1.82) is 0 Å². The second kappa shape index (κ2) is 8.63. The molecule has 1 atom stereocenters. The molecule has 1 unspecified atom stereocenters. The fourth-order valence-electron chi connectivity index (χ4n) is 3.50. The Bertz CT molecular complexity index is 1250. The largest absolute Gasteiger partial charge is 0.463 e. The van der Waals surface area contributed by atoms with E-state index in [9.17, 15) is 9.59 Å². The van der Waals surface area contributed by atoms with Crippen molar-refractivity contribution in [3.8, 4) is 12.3 Å². The highest BCUT2D eigenvalue weighted by Crippen LogP contribution is 2.38. The molecule has 0 spiro atoms. The zero-order valence-corrected chi connectivity index (χ0v) is 16.8. The van der Waals surface area contributed by atoms with Gasteiger partial charge in [0.15, 0.2) is 0 Å². The van der Waals surface area contributed by atoms with Crippen molar-refractivity contribution in [2.24, 2.45) is 0 Å². The van der Waals surface area contributed by atoms with Gasteiger partial charge in [-0.1, -0.05) is 12.0 Å². The Morgan fingerprint density at radius 1 is 1.29 bits per heavy atom. The van der Waals surface area contributed by atoms with Crippen LogP contribution in [-0.4, -0.2) is 40.0 Å². The molecule has 3 heterocycles. The van der Waals surface area contributed by atoms with Crippen molar-refractivity contribution < 1.29 is 14.3 Å². The fraction of sp³-hybridized carbons (Fsp3) is 0.174. The Hall–Kier alpha value is -4.25. The summed E-state index contributed by atoms with van der Waals surface area (Å²) in [7, 11) is 0. The monoisotopic (exact) mass is 413 g/mol. The molecule has 0 fully saturated rings. The molecule has 4 rings (SSSR count). The predicted octanol–water partition coefficient (Wildman–Crippen LogP) is 2.62. The van der Waals surface area contributed by atoms with E-state index in [2.05, 4.69) is 31.5 Å². The van der Waals surface area contributed by atoms with Crippen molar-refractivity contribution in [2.45, 2.75) is 12.8 Å². The molecule has 8 heteroatoms. The van der Waals surface area contributed by atoms with E-state index in [1.54, 1.807) is 19.2 Å². The minimum absolute atomic E-state index is 0.00184. The topological polar surface area (TPSA) is 106 Å². The number of hydrogen-bond acceptors (Lipinski definition) is 7. The van der Waals surface area contributed by atoms with Gasteiger partial charge >= 0.3 is 5.97 Å². The number of esters is 1. The highest BCUT2D eigenvalue weighted by atomic mass is 16.5. The van der Waals surface area contributed by atoms with Crippen molar-refractivity contribution >= 4 is 34.3 Å². The van der Waals surface area contributed by atoms with Gasteiger partial charge in [0.25, 0.3) is 0 Å². The third kappa shape index (κ3) is 4.21. The number of terminal acetylenes is 1. The van der Waals surface area contributed by atoms with Gasteiger partial charge in [0, 0.05) is 41.3 Å². The third-order valence-corrected chi connectivity index (χ3v) is 4.88. The van der Waals surface area contributed by atoms with Crippen LogP contribution in [0, 0.1) is 12.3 Å². The van der Waals surface area contributed by atoms with E-state index in [-0.39, 0.29) is 12.5 Å². The lowest BCUT2D eigenvalue weighted by Crippen LogP contribution is -2.11. The van der Waals surface area contributed by atoms with Gasteiger partial charge in [-0.3, -0.25) is 4.79 Å². The molecular formula is C23H19N5O3. The van der Waals surface area contributed by atoms with Crippen LogP contribution in [-0.2, 0) is 14.3 Å². The molecule has 2 N–H and O–H groups in total. The van der Waals surface area contributed by atoms with Gasteiger partial charge in [-0.05, 0) is 30.7 Å². The number of rotatable bonds is 5. The molecule has 0 bridgehead atoms. The molecular weight excluding hydrogens is 394 g/mol. The maximum absolute atomic E-state index is 12.1. The number of carbonyl (C=O) groups is 2. The lowest BCUT2D eigenvalue weighted by Gasteiger charge is -2.13. The van der Waals surface area contributed by atoms with E-state index in [0.717, 1.165) is 40.0 Å². The maximum Gasteiger partial charge on any atom is 0.330 e. The van der Waals surface area contributed by atoms with Crippen LogP contribution in [0.4, 0.5) is 11.5 Å². The zero-order valence-electron chi connectivity index (χ0n) is 16.8. The van der Waals surface area contributed by atoms with Crippen LogP contribution in [0.2, 0.25) is 0 Å². The minimum Gasteiger partial charge on any atom is -0.463 e. The van der Waals surface area contributed by atoms with Crippen LogP contribution in [0.25, 0.3) is 10.9 Å². The van der Waals surface area contributed by atoms with Crippen LogP contribution in [0.5, 0.6) is 0 Å². The number of amides is 1. The lowest BCUT2D eigenvalue weighted by atomic mass is 9.94. The normalized spacial score (nSPS) is 14.6. The van der Waals surface area contributed by atoms with E-state index < -0.39 is 11.9 Å². The molecule has 0 saturated carbocycles. The molecule has 154 valence electrons. The van der Waals surface area contributed by atoms with Gasteiger partial charge in [-0.15, -0.1) is 6.42 Å². The number of ether oxygens (including phenoxy) is 1. The molecule has 2 aromatic heterocycles. The summed E-state index contributed by atoms with van der Waals surface area (Å²) in [6, 6.07) is 7.59. The minimum atomic E-state index is -0.583. The number of carbonyl (C=O) groups excluding carboxylic acids is 2. The molecule has 1 aliphatic heterocycles. The smallest absolute Gasteiger partial charge is 0.330 e. The Balaban J connectivity index is 1.63. The molecule has 0 aliphatic carbocycles. The SMILES string of the molecule is C#Cc1ccc2c(c1)NCC2c1ncnc2cnc(NC(=O)C=CC(=O)OCC)cc12. The lowest BCUT2D eigenvalue weighted by molar-refractivity contribution is -0.137. The summed E-state index contributed by atoms with van der Waals surface area (Å²) in [5.74, 6) is 1.90. The Kier molecular flexibility index (Phi) is 5.58. The van der Waals surface area contributed by atoms with Crippen LogP contribution in [0.15, 0.2) is 48.9 Å². The average Bonchev–Trinajstić information content (AvgIpc) is 3.20. The number of nitrogens with zero attached hydrogens (tertiary/aromatic N) is 3. The van der Waals surface area contributed by atoms with Crippen molar-refractivity contribution in [1.82, 2.24) is 15.0 Å². The first-order valence-corrected chi connectivity index (χ1v) is 9.70. The Morgan fingerprint density at radius 3 is 2.97 bits per heavy atom. The quantitative estimate of drug-likeness (QED) is 0.376. The number of aromatic nitrogens is 3. The van der Waals surface area contributed by atoms with Crippen LogP contribution >= 0.6 is 0 Å². The maximum atomic E-state index is 12.1. The fourth-order valence-corrected chi connectivity index (χ4v) is 3.50. The van der Waals surface area contributed by atoms with Gasteiger partial charge in [0.05, 0.1) is 24.0 Å². The molecule has 1 aromatic carbocycles. The van der Waals surface area contributed by atoms with Gasteiger partial charge < -0.3 is 15.4 Å². The highest BCUT2D eigenvalue weighted by Gasteiger charge is 2.27. The second-order valence-electron chi connectivity index (χ2n) is 6.80. The van der Waals surface area contributed by atoms with Crippen molar-refractivity contribution in [2.75, 3.05) is 23.8 Å². The van der Waals surface area contributed by atoms with Crippen molar-refractivity contribution in [3.63, 3.8) is 0 Å². The number of benzene rings is 1. The second-order valence-corrected chi connectivity index (χ2v) is 6.80. The summed E-state index contributed by atoms with van der Waals surface area (Å²) >= 11 is 0. The summed E-state index contributed by atoms with van der Waals surface area (Å²) in [5, 5.41) is 6.80. The Labute approximate surface area is 178 Å². The molecule has 3 aromatic rings. The van der Waals surface area contributed by atoms with Gasteiger partial charge in [-0.25, -0.2) is 19.7 Å². The molecule has 8 nitrogen and oxygen atoms in total. The first kappa shape index (κ1) is 20.0. The van der Waals surface area contributed by atoms with E-state index in [1.165, 1.54) is 6.33 Å². The number of hydrogen-bond donors (Lipinski definition) is 2. The van der Waals surface area contributed by atoms with E-state index in [1.807, 2.05) is 18.2 Å². The van der Waals surface area contributed by atoms with E-state index in [0.29, 0.717) is 17.9 Å². The molecule has 0 radical (unpaired) electrons. The van der Waals surface area contributed by atoms with Gasteiger partial charge in [-0.2, -0.15) is 0 Å². The summed E-state index contributed by atoms with van der Waals surface area (Å²) in [5.41, 5.74) is 4.38. The molecule has 1 amide bonds. The van der Waals surface area contributed by atoms with Crippen LogP contribution in [0.3, 0.4) is 0 Å². The van der Waals surface area contributed by atoms with Crippen molar-refractivity contribution in [3.05, 3.63) is 65.8 Å². The third-order valence-electron chi connectivity index (χ3n) is 4.88. The van der Waals surface area contributed by atoms with Gasteiger partial charge in [0.2, 0.25) is 5.91 Å². The van der Waals surface area contributed by atoms with E-state index >= 15 is 0 Å². The van der Waals surface area contributed by atoms with Crippen LogP contribution < -0.4 is 10.6 Å². The highest BCUT2D eigenvalue weighted by molar-refractivity contribution is 6.02. The molecule has 1 aliphatic rings. The number of fused-ring (bicyclic) bond motifs is 2. The first-order valence-electron chi connectivity index (χ1n) is 9.70. The Morgan fingerprint density at radius 2 is 2.16 bits per heavy atom. The number of anilines is 2. The zero-order chi connectivity index (χ0) is 21.8. The number of nitrogens with one attached hydrogen (secondary N) is 2. The molecule has 31 heavy (non-hydrogen) atoms. The first-order chi connectivity index (χ1) is 15.1. The van der Waals surface area contributed by atoms with Gasteiger partial charge in [0.1, 0.15) is 12.1 Å². The summed E-state index contributed by atoms with van der Waals surface area (Å²) in [6.07, 6.45) is 10.8. The standard InChI is InChI=1S/C23H19N5O3/c1-3-14-5-6-15-17(11-24-18(15)9-14)23-16-10-20(25-12-19(16)26-13-27-23)28-21(29)7-8-22(30)31-4-2/h1,5-10,12-13,17,24H,4,11H2,2H3,(H,25,28,29). The summed E-state index contributed by atoms with van der Waals surface area (Å²) in [4.78, 5) is 36.5. The number of pyridine rings is 1. The van der Waals surface area contributed by atoms with E-state index in [4.69, 9.17) is 11.2 Å². The van der Waals surface area contributed by atoms with Crippen LogP contribution in [0.1, 0.15) is 29.7 Å². The summed E-state index contributed by atoms with van der Waals surface area (Å²) < 4.78 is 4.76. The average molecular weight is 413 g/mol.